The van der Waals surface area contributed by atoms with E-state index < -0.39 is 0 Å². The van der Waals surface area contributed by atoms with Crippen LogP contribution in [0, 0.1) is 20.8 Å². The van der Waals surface area contributed by atoms with Gasteiger partial charge >= 0.3 is 0 Å². The van der Waals surface area contributed by atoms with E-state index >= 15 is 0 Å². The molecule has 9 aromatic rings. The molecule has 0 spiro atoms. The summed E-state index contributed by atoms with van der Waals surface area (Å²) in [5, 5.41) is 7.89. The van der Waals surface area contributed by atoms with Crippen LogP contribution in [0.3, 0.4) is 0 Å². The second-order valence-electron chi connectivity index (χ2n) is 24.1. The number of anilines is 5. The van der Waals surface area contributed by atoms with Gasteiger partial charge in [-0.15, -0.1) is 11.3 Å². The van der Waals surface area contributed by atoms with E-state index in [1.807, 2.05) is 11.3 Å². The number of fused-ring (bicyclic) bond motifs is 7. The molecule has 2 heterocycles. The van der Waals surface area contributed by atoms with E-state index in [4.69, 9.17) is 0 Å². The van der Waals surface area contributed by atoms with E-state index in [1.165, 1.54) is 146 Å². The Kier molecular flexibility index (Phi) is 10.5. The Morgan fingerprint density at radius 3 is 1.75 bits per heavy atom. The van der Waals surface area contributed by atoms with E-state index in [0.29, 0.717) is 0 Å². The molecule has 71 heavy (non-hydrogen) atoms. The van der Waals surface area contributed by atoms with Gasteiger partial charge in [-0.3, -0.25) is 0 Å². The summed E-state index contributed by atoms with van der Waals surface area (Å²) >= 11 is 2.03. The molecular weight excluding hydrogens is 876 g/mol. The molecule has 0 unspecified atom stereocenters. The monoisotopic (exact) mass is 943 g/mol. The molecule has 0 atom stereocenters. The van der Waals surface area contributed by atoms with E-state index in [1.54, 1.807) is 0 Å². The van der Waals surface area contributed by atoms with Gasteiger partial charge < -0.3 is 10.2 Å². The Balaban J connectivity index is 1.16. The van der Waals surface area contributed by atoms with Crippen molar-refractivity contribution in [2.75, 3.05) is 10.2 Å². The topological polar surface area (TPSA) is 15.3 Å². The van der Waals surface area contributed by atoms with Crippen LogP contribution in [-0.2, 0) is 21.7 Å². The summed E-state index contributed by atoms with van der Waals surface area (Å²) in [6.07, 6.45) is 4.75. The lowest BCUT2D eigenvalue weighted by atomic mass is 9.60. The fraction of sp³-hybridized carbons (Fsp3) is 0.284. The van der Waals surface area contributed by atoms with E-state index in [9.17, 15) is 0 Å². The molecule has 354 valence electrons. The standard InChI is InChI=1S/C67H67BN2S/c1-40-18-17-19-41(2)59(40)46-35-50(49-29-26-45-22-15-16-23-48(45)61(49)69-47-27-24-44(25-28-47)43-20-13-12-14-21-43)60-57(36-46)70(56-38-54-52(34-42(56)3)64(4,5)30-32-66(54,8)9)62-51-37-53-55(39-58(51)71-63(62)68-60)67(10,11)33-31-65(53,6)7/h12-29,34-39,68-69H,30-33H2,1-11H3. The molecular formula is C67H67BN2S. The van der Waals surface area contributed by atoms with Gasteiger partial charge in [0.25, 0.3) is 0 Å². The van der Waals surface area contributed by atoms with Crippen molar-refractivity contribution in [1.29, 1.82) is 0 Å². The first-order valence-electron chi connectivity index (χ1n) is 26.1. The Hall–Kier alpha value is -6.36. The molecule has 2 nitrogen and oxygen atoms in total. The number of rotatable bonds is 6. The lowest BCUT2D eigenvalue weighted by Gasteiger charge is -2.44. The summed E-state index contributed by atoms with van der Waals surface area (Å²) in [5.41, 5.74) is 25.4. The van der Waals surface area contributed by atoms with Gasteiger partial charge in [0.1, 0.15) is 0 Å². The molecule has 0 fully saturated rings. The summed E-state index contributed by atoms with van der Waals surface area (Å²) in [4.78, 5) is 2.75. The number of hydrogen-bond acceptors (Lipinski definition) is 3. The van der Waals surface area contributed by atoms with Gasteiger partial charge in [0.2, 0.25) is 7.28 Å². The summed E-state index contributed by atoms with van der Waals surface area (Å²) in [5.74, 6) is 0. The summed E-state index contributed by atoms with van der Waals surface area (Å²) in [7, 11) is 0.848. The van der Waals surface area contributed by atoms with Crippen molar-refractivity contribution >= 4 is 78.2 Å². The third-order valence-corrected chi connectivity index (χ3v) is 18.5. The molecule has 1 N–H and O–H groups in total. The zero-order valence-electron chi connectivity index (χ0n) is 43.7. The Morgan fingerprint density at radius 1 is 0.479 bits per heavy atom. The van der Waals surface area contributed by atoms with Crippen LogP contribution in [0.2, 0.25) is 0 Å². The van der Waals surface area contributed by atoms with Crippen LogP contribution in [0.15, 0.2) is 146 Å². The fourth-order valence-corrected chi connectivity index (χ4v) is 14.1. The minimum atomic E-state index is 0.0520. The zero-order chi connectivity index (χ0) is 49.4. The third-order valence-electron chi connectivity index (χ3n) is 17.4. The molecule has 8 aromatic carbocycles. The second kappa shape index (κ2) is 16.3. The van der Waals surface area contributed by atoms with Crippen LogP contribution < -0.4 is 20.5 Å². The minimum Gasteiger partial charge on any atom is -0.355 e. The van der Waals surface area contributed by atoms with Crippen molar-refractivity contribution in [3.63, 3.8) is 0 Å². The average molecular weight is 943 g/mol. The molecule has 4 heteroatoms. The minimum absolute atomic E-state index is 0.0520. The number of thiophene rings is 1. The van der Waals surface area contributed by atoms with Gasteiger partial charge in [-0.2, -0.15) is 0 Å². The molecule has 12 rings (SSSR count). The quantitative estimate of drug-likeness (QED) is 0.167. The number of aryl methyl sites for hydroxylation is 3. The Bertz CT molecular complexity index is 3600. The van der Waals surface area contributed by atoms with Gasteiger partial charge in [0.05, 0.1) is 11.4 Å². The highest BCUT2D eigenvalue weighted by Crippen LogP contribution is 2.54. The van der Waals surface area contributed by atoms with Crippen molar-refractivity contribution in [3.8, 4) is 33.4 Å². The number of benzene rings is 8. The van der Waals surface area contributed by atoms with Crippen molar-refractivity contribution in [3.05, 3.63) is 185 Å². The van der Waals surface area contributed by atoms with E-state index in [2.05, 4.69) is 232 Å². The molecule has 2 aliphatic carbocycles. The van der Waals surface area contributed by atoms with Gasteiger partial charge in [0, 0.05) is 38.1 Å². The molecule has 0 saturated carbocycles. The van der Waals surface area contributed by atoms with Crippen LogP contribution in [0.1, 0.15) is 120 Å². The lowest BCUT2D eigenvalue weighted by molar-refractivity contribution is 0.332. The first-order chi connectivity index (χ1) is 33.9. The second-order valence-corrected chi connectivity index (χ2v) is 25.2. The average Bonchev–Trinajstić information content (AvgIpc) is 3.71. The van der Waals surface area contributed by atoms with Gasteiger partial charge in [-0.1, -0.05) is 159 Å². The lowest BCUT2D eigenvalue weighted by Crippen LogP contribution is -2.40. The normalized spacial score (nSPS) is 17.0. The maximum Gasteiger partial charge on any atom is 0.211 e. The van der Waals surface area contributed by atoms with Crippen LogP contribution >= 0.6 is 11.3 Å². The molecule has 0 saturated heterocycles. The molecule has 0 bridgehead atoms. The first kappa shape index (κ1) is 45.8. The molecule has 0 radical (unpaired) electrons. The predicted molar refractivity (Wildman–Crippen MR) is 311 cm³/mol. The molecule has 0 amide bonds. The van der Waals surface area contributed by atoms with Crippen LogP contribution in [0.4, 0.5) is 28.4 Å². The fourth-order valence-electron chi connectivity index (χ4n) is 12.9. The maximum absolute atomic E-state index is 4.06. The van der Waals surface area contributed by atoms with Crippen molar-refractivity contribution in [1.82, 2.24) is 0 Å². The highest BCUT2D eigenvalue weighted by atomic mass is 32.1. The van der Waals surface area contributed by atoms with Crippen LogP contribution in [-0.4, -0.2) is 7.28 Å². The van der Waals surface area contributed by atoms with Gasteiger partial charge in [0.15, 0.2) is 0 Å². The summed E-state index contributed by atoms with van der Waals surface area (Å²) in [6, 6.07) is 55.6. The molecule has 3 aliphatic rings. The van der Waals surface area contributed by atoms with Crippen LogP contribution in [0.5, 0.6) is 0 Å². The van der Waals surface area contributed by atoms with Crippen molar-refractivity contribution in [2.45, 2.75) is 124 Å². The van der Waals surface area contributed by atoms with Crippen molar-refractivity contribution in [2.24, 2.45) is 0 Å². The highest BCUT2D eigenvalue weighted by Gasteiger charge is 2.42. The number of nitrogens with one attached hydrogen (secondary N) is 1. The number of nitrogens with zero attached hydrogens (tertiary/aromatic N) is 1. The smallest absolute Gasteiger partial charge is 0.211 e. The largest absolute Gasteiger partial charge is 0.355 e. The van der Waals surface area contributed by atoms with Gasteiger partial charge in [-0.05, 0) is 193 Å². The zero-order valence-corrected chi connectivity index (χ0v) is 44.6. The van der Waals surface area contributed by atoms with E-state index in [0.717, 1.165) is 18.7 Å². The SMILES string of the molecule is Cc1cc2c(cc1N1c3cc(-c4c(C)cccc4C)cc(-c4ccc5ccccc5c4Nc4ccc(-c5ccccc5)cc4)c3Bc3sc4cc5c(cc4c31)C(C)(C)CCC5(C)C)C(C)(C)CCC2(C)C. The predicted octanol–water partition coefficient (Wildman–Crippen LogP) is 17.6. The maximum atomic E-state index is 4.06. The van der Waals surface area contributed by atoms with E-state index in [-0.39, 0.29) is 21.7 Å². The van der Waals surface area contributed by atoms with Gasteiger partial charge in [-0.25, -0.2) is 0 Å². The Morgan fingerprint density at radius 2 is 1.07 bits per heavy atom. The highest BCUT2D eigenvalue weighted by molar-refractivity contribution is 7.29. The van der Waals surface area contributed by atoms with Crippen LogP contribution in [0.25, 0.3) is 54.2 Å². The third kappa shape index (κ3) is 7.49. The molecule has 1 aromatic heterocycles. The summed E-state index contributed by atoms with van der Waals surface area (Å²) < 4.78 is 2.84. The number of hydrogen-bond donors (Lipinski definition) is 1. The Labute approximate surface area is 427 Å². The summed E-state index contributed by atoms with van der Waals surface area (Å²) in [6.45, 7) is 26.7. The first-order valence-corrected chi connectivity index (χ1v) is 26.9. The molecule has 1 aliphatic heterocycles. The van der Waals surface area contributed by atoms with Crippen molar-refractivity contribution < 1.29 is 0 Å².